The number of cyclic esters (lactones) is 1. The number of phenolic OH excluding ortho intramolecular Hbond substituents is 2. The Bertz CT molecular complexity index is 609. The normalized spacial score (nSPS) is 19.8. The summed E-state index contributed by atoms with van der Waals surface area (Å²) in [6.07, 6.45) is 4.15. The zero-order valence-electron chi connectivity index (χ0n) is 15.7. The van der Waals surface area contributed by atoms with Gasteiger partial charge in [-0.2, -0.15) is 0 Å². The Hall–Kier alpha value is -1.75. The van der Waals surface area contributed by atoms with E-state index in [1.165, 1.54) is 7.11 Å². The smallest absolute Gasteiger partial charge is 0.342 e. The number of carbonyl (C=O) groups is 1. The van der Waals surface area contributed by atoms with Crippen molar-refractivity contribution in [3.8, 4) is 11.5 Å². The quantitative estimate of drug-likeness (QED) is 0.410. The number of hydrogen-bond acceptors (Lipinski definition) is 5. The van der Waals surface area contributed by atoms with E-state index in [0.717, 1.165) is 25.7 Å². The summed E-state index contributed by atoms with van der Waals surface area (Å²) in [5.74, 6) is -0.216. The van der Waals surface area contributed by atoms with Crippen LogP contribution in [0.1, 0.15) is 80.5 Å². The third kappa shape index (κ3) is 4.27. The van der Waals surface area contributed by atoms with E-state index in [2.05, 4.69) is 20.8 Å². The molecule has 2 atom stereocenters. The summed E-state index contributed by atoms with van der Waals surface area (Å²) in [6, 6.07) is 1.56. The van der Waals surface area contributed by atoms with Gasteiger partial charge in [-0.25, -0.2) is 4.79 Å². The molecule has 1 aliphatic heterocycles. The molecule has 1 aromatic carbocycles. The molecular formula is C20H30O5. The molecule has 0 aromatic heterocycles. The Labute approximate surface area is 150 Å². The van der Waals surface area contributed by atoms with Crippen molar-refractivity contribution in [3.05, 3.63) is 22.8 Å². The molecule has 0 fully saturated rings. The Morgan fingerprint density at radius 2 is 2.00 bits per heavy atom. The molecule has 1 aliphatic rings. The van der Waals surface area contributed by atoms with Gasteiger partial charge in [0.2, 0.25) is 0 Å². The van der Waals surface area contributed by atoms with Gasteiger partial charge in [0.1, 0.15) is 29.3 Å². The predicted octanol–water partition coefficient (Wildman–Crippen LogP) is 4.49. The van der Waals surface area contributed by atoms with Crippen LogP contribution in [0.2, 0.25) is 0 Å². The van der Waals surface area contributed by atoms with Crippen LogP contribution in [0, 0.1) is 5.92 Å². The maximum atomic E-state index is 12.5. The van der Waals surface area contributed by atoms with E-state index in [4.69, 9.17) is 9.47 Å². The lowest BCUT2D eigenvalue weighted by Gasteiger charge is -2.33. The number of unbranched alkanes of at least 4 members (excludes halogenated alkanes) is 2. The molecule has 2 N–H and O–H groups in total. The lowest BCUT2D eigenvalue weighted by atomic mass is 9.88. The van der Waals surface area contributed by atoms with Crippen molar-refractivity contribution in [2.45, 2.75) is 71.5 Å². The van der Waals surface area contributed by atoms with Gasteiger partial charge in [0.05, 0.1) is 0 Å². The largest absolute Gasteiger partial charge is 0.508 e. The molecule has 2 rings (SSSR count). The van der Waals surface area contributed by atoms with E-state index in [1.807, 2.05) is 0 Å². The van der Waals surface area contributed by atoms with Gasteiger partial charge in [-0.3, -0.25) is 0 Å². The Morgan fingerprint density at radius 1 is 1.28 bits per heavy atom. The van der Waals surface area contributed by atoms with Crippen molar-refractivity contribution in [2.75, 3.05) is 7.11 Å². The molecule has 0 bridgehead atoms. The van der Waals surface area contributed by atoms with Crippen LogP contribution in [0.15, 0.2) is 6.07 Å². The number of ether oxygens (including phenoxy) is 2. The molecule has 0 aliphatic carbocycles. The van der Waals surface area contributed by atoms with Crippen LogP contribution in [-0.2, 0) is 15.9 Å². The average molecular weight is 350 g/mol. The van der Waals surface area contributed by atoms with Crippen LogP contribution in [0.4, 0.5) is 0 Å². The number of aromatic hydroxyl groups is 2. The first-order valence-corrected chi connectivity index (χ1v) is 9.22. The standard InChI is InChI=1S/C20H30O5/c1-5-6-7-8-15-19(24-4)16-14(21)11-13(10-9-12(2)3)18(22)17(16)20(23)25-15/h11-12,15,19,21-22H,5-10H2,1-4H3/t15-,19+/m0/s1. The summed E-state index contributed by atoms with van der Waals surface area (Å²) >= 11 is 0. The fourth-order valence-electron chi connectivity index (χ4n) is 3.38. The van der Waals surface area contributed by atoms with E-state index in [0.29, 0.717) is 29.9 Å². The number of benzene rings is 1. The lowest BCUT2D eigenvalue weighted by Crippen LogP contribution is -2.33. The van der Waals surface area contributed by atoms with Crippen molar-refractivity contribution in [1.82, 2.24) is 0 Å². The summed E-state index contributed by atoms with van der Waals surface area (Å²) in [6.45, 7) is 6.29. The molecule has 0 amide bonds. The topological polar surface area (TPSA) is 76.0 Å². The highest BCUT2D eigenvalue weighted by Gasteiger charge is 2.40. The molecule has 1 heterocycles. The molecule has 5 heteroatoms. The molecule has 140 valence electrons. The number of esters is 1. The fourth-order valence-corrected chi connectivity index (χ4v) is 3.38. The van der Waals surface area contributed by atoms with E-state index in [-0.39, 0.29) is 17.1 Å². The highest BCUT2D eigenvalue weighted by atomic mass is 16.6. The summed E-state index contributed by atoms with van der Waals surface area (Å²) in [7, 11) is 1.53. The average Bonchev–Trinajstić information content (AvgIpc) is 2.56. The van der Waals surface area contributed by atoms with Crippen molar-refractivity contribution in [1.29, 1.82) is 0 Å². The van der Waals surface area contributed by atoms with Crippen LogP contribution in [0.5, 0.6) is 11.5 Å². The highest BCUT2D eigenvalue weighted by molar-refractivity contribution is 5.97. The van der Waals surface area contributed by atoms with Gasteiger partial charge < -0.3 is 19.7 Å². The van der Waals surface area contributed by atoms with Crippen molar-refractivity contribution in [3.63, 3.8) is 0 Å². The Balaban J connectivity index is 2.37. The SMILES string of the molecule is CCCCC[C@@H]1OC(=O)c2c(O)c(CCC(C)C)cc(O)c2[C@@H]1OC. The van der Waals surface area contributed by atoms with E-state index < -0.39 is 18.2 Å². The van der Waals surface area contributed by atoms with Crippen LogP contribution >= 0.6 is 0 Å². The predicted molar refractivity (Wildman–Crippen MR) is 96.0 cm³/mol. The number of rotatable bonds is 8. The molecule has 5 nitrogen and oxygen atoms in total. The zero-order valence-corrected chi connectivity index (χ0v) is 15.7. The van der Waals surface area contributed by atoms with Gasteiger partial charge in [-0.05, 0) is 43.2 Å². The molecule has 25 heavy (non-hydrogen) atoms. The zero-order chi connectivity index (χ0) is 18.6. The van der Waals surface area contributed by atoms with Gasteiger partial charge in [0, 0.05) is 12.7 Å². The molecule has 1 aromatic rings. The first kappa shape index (κ1) is 19.6. The molecular weight excluding hydrogens is 320 g/mol. The molecule has 0 unspecified atom stereocenters. The van der Waals surface area contributed by atoms with Gasteiger partial charge in [-0.1, -0.05) is 33.6 Å². The first-order valence-electron chi connectivity index (χ1n) is 9.22. The minimum atomic E-state index is -0.580. The number of fused-ring (bicyclic) bond motifs is 1. The first-order chi connectivity index (χ1) is 11.9. The van der Waals surface area contributed by atoms with Gasteiger partial charge in [0.15, 0.2) is 0 Å². The minimum absolute atomic E-state index is 0.00412. The van der Waals surface area contributed by atoms with Crippen molar-refractivity contribution >= 4 is 5.97 Å². The van der Waals surface area contributed by atoms with Gasteiger partial charge >= 0.3 is 5.97 Å². The van der Waals surface area contributed by atoms with Crippen molar-refractivity contribution in [2.24, 2.45) is 5.92 Å². The second-order valence-corrected chi connectivity index (χ2v) is 7.22. The molecule has 0 spiro atoms. The van der Waals surface area contributed by atoms with Crippen LogP contribution in [-0.4, -0.2) is 29.4 Å². The Morgan fingerprint density at radius 3 is 2.60 bits per heavy atom. The third-order valence-electron chi connectivity index (χ3n) is 4.82. The maximum absolute atomic E-state index is 12.5. The molecule has 0 saturated carbocycles. The highest BCUT2D eigenvalue weighted by Crippen LogP contribution is 2.45. The number of carbonyl (C=O) groups excluding carboxylic acids is 1. The number of methoxy groups -OCH3 is 1. The number of hydrogen-bond donors (Lipinski definition) is 2. The summed E-state index contributed by atoms with van der Waals surface area (Å²) in [5.41, 5.74) is 0.976. The third-order valence-corrected chi connectivity index (χ3v) is 4.82. The number of phenols is 2. The minimum Gasteiger partial charge on any atom is -0.508 e. The van der Waals surface area contributed by atoms with Crippen LogP contribution in [0.3, 0.4) is 0 Å². The number of aryl methyl sites for hydroxylation is 1. The van der Waals surface area contributed by atoms with E-state index in [9.17, 15) is 15.0 Å². The van der Waals surface area contributed by atoms with Crippen LogP contribution < -0.4 is 0 Å². The fraction of sp³-hybridized carbons (Fsp3) is 0.650. The summed E-state index contributed by atoms with van der Waals surface area (Å²) in [4.78, 5) is 12.5. The second-order valence-electron chi connectivity index (χ2n) is 7.22. The van der Waals surface area contributed by atoms with Gasteiger partial charge in [-0.15, -0.1) is 0 Å². The lowest BCUT2D eigenvalue weighted by molar-refractivity contribution is -0.0515. The summed E-state index contributed by atoms with van der Waals surface area (Å²) in [5, 5.41) is 21.1. The maximum Gasteiger partial charge on any atom is 0.342 e. The monoisotopic (exact) mass is 350 g/mol. The second kappa shape index (κ2) is 8.56. The van der Waals surface area contributed by atoms with Crippen LogP contribution in [0.25, 0.3) is 0 Å². The molecule has 0 saturated heterocycles. The van der Waals surface area contributed by atoms with Gasteiger partial charge in [0.25, 0.3) is 0 Å². The Kier molecular flexibility index (Phi) is 6.71. The van der Waals surface area contributed by atoms with E-state index >= 15 is 0 Å². The summed E-state index contributed by atoms with van der Waals surface area (Å²) < 4.78 is 11.1. The van der Waals surface area contributed by atoms with Crippen molar-refractivity contribution < 1.29 is 24.5 Å². The van der Waals surface area contributed by atoms with E-state index in [1.54, 1.807) is 6.07 Å². The molecule has 0 radical (unpaired) electrons.